The molecule has 0 radical (unpaired) electrons. The van der Waals surface area contributed by atoms with Crippen LogP contribution in [0.2, 0.25) is 0 Å². The summed E-state index contributed by atoms with van der Waals surface area (Å²) in [5.74, 6) is 1.65. The van der Waals surface area contributed by atoms with Crippen LogP contribution < -0.4 is 5.32 Å². The zero-order chi connectivity index (χ0) is 12.4. The number of nitrogens with one attached hydrogen (secondary N) is 1. The molecule has 0 aromatic carbocycles. The van der Waals surface area contributed by atoms with E-state index in [1.54, 1.807) is 10.7 Å². The second-order valence-corrected chi connectivity index (χ2v) is 5.10. The molecule has 0 bridgehead atoms. The van der Waals surface area contributed by atoms with Crippen molar-refractivity contribution in [3.8, 4) is 0 Å². The van der Waals surface area contributed by atoms with Gasteiger partial charge in [-0.25, -0.2) is 9.50 Å². The third-order valence-corrected chi connectivity index (χ3v) is 3.55. The molecule has 5 nitrogen and oxygen atoms in total. The molecule has 18 heavy (non-hydrogen) atoms. The molecule has 0 amide bonds. The lowest BCUT2D eigenvalue weighted by atomic mass is 9.98. The molecule has 5 heteroatoms. The summed E-state index contributed by atoms with van der Waals surface area (Å²) in [7, 11) is 2.20. The van der Waals surface area contributed by atoms with Crippen molar-refractivity contribution in [3.63, 3.8) is 0 Å². The molecule has 1 N–H and O–H groups in total. The molecule has 1 aliphatic heterocycles. The van der Waals surface area contributed by atoms with Crippen molar-refractivity contribution in [2.24, 2.45) is 5.92 Å². The van der Waals surface area contributed by atoms with Crippen LogP contribution in [0.15, 0.2) is 24.5 Å². The van der Waals surface area contributed by atoms with Gasteiger partial charge in [0, 0.05) is 25.5 Å². The van der Waals surface area contributed by atoms with Crippen LogP contribution in [-0.2, 0) is 0 Å². The highest BCUT2D eigenvalue weighted by molar-refractivity contribution is 5.43. The quantitative estimate of drug-likeness (QED) is 0.889. The van der Waals surface area contributed by atoms with Gasteiger partial charge in [-0.05, 0) is 44.5 Å². The standard InChI is InChI=1S/C13H19N5/c1-17-7-2-3-11(10-17)9-15-12-4-5-13-14-6-8-18(13)16-12/h4-6,8,11H,2-3,7,9-10H2,1H3,(H,15,16)/t11-/m0/s1. The van der Waals surface area contributed by atoms with Crippen LogP contribution in [0.5, 0.6) is 0 Å². The Bertz CT molecular complexity index is 521. The molecule has 0 saturated carbocycles. The molecule has 0 aliphatic carbocycles. The third kappa shape index (κ3) is 2.46. The van der Waals surface area contributed by atoms with Gasteiger partial charge in [0.15, 0.2) is 5.65 Å². The number of hydrogen-bond acceptors (Lipinski definition) is 4. The van der Waals surface area contributed by atoms with Crippen LogP contribution in [0.1, 0.15) is 12.8 Å². The van der Waals surface area contributed by atoms with Crippen LogP contribution in [0, 0.1) is 5.92 Å². The molecule has 96 valence electrons. The second kappa shape index (κ2) is 4.94. The number of rotatable bonds is 3. The van der Waals surface area contributed by atoms with Gasteiger partial charge >= 0.3 is 0 Å². The van der Waals surface area contributed by atoms with Gasteiger partial charge < -0.3 is 10.2 Å². The maximum Gasteiger partial charge on any atom is 0.153 e. The number of anilines is 1. The first-order valence-electron chi connectivity index (χ1n) is 6.54. The van der Waals surface area contributed by atoms with Crippen molar-refractivity contribution < 1.29 is 0 Å². The van der Waals surface area contributed by atoms with E-state index in [0.717, 1.165) is 23.9 Å². The largest absolute Gasteiger partial charge is 0.368 e. The van der Waals surface area contributed by atoms with Gasteiger partial charge in [-0.15, -0.1) is 5.10 Å². The highest BCUT2D eigenvalue weighted by Gasteiger charge is 2.16. The van der Waals surface area contributed by atoms with E-state index in [-0.39, 0.29) is 0 Å². The lowest BCUT2D eigenvalue weighted by molar-refractivity contribution is 0.217. The minimum atomic E-state index is 0.726. The van der Waals surface area contributed by atoms with Gasteiger partial charge in [-0.1, -0.05) is 0 Å². The van der Waals surface area contributed by atoms with E-state index in [2.05, 4.69) is 27.3 Å². The number of hydrogen-bond donors (Lipinski definition) is 1. The van der Waals surface area contributed by atoms with Crippen molar-refractivity contribution in [2.75, 3.05) is 32.0 Å². The molecule has 3 heterocycles. The first kappa shape index (κ1) is 11.5. The van der Waals surface area contributed by atoms with Crippen LogP contribution in [0.4, 0.5) is 5.82 Å². The normalized spacial score (nSPS) is 21.3. The maximum atomic E-state index is 4.47. The lowest BCUT2D eigenvalue weighted by Crippen LogP contribution is -2.35. The van der Waals surface area contributed by atoms with Crippen LogP contribution >= 0.6 is 0 Å². The van der Waals surface area contributed by atoms with Gasteiger partial charge in [0.25, 0.3) is 0 Å². The van der Waals surface area contributed by atoms with Crippen molar-refractivity contribution in [2.45, 2.75) is 12.8 Å². The number of imidazole rings is 1. The molecular weight excluding hydrogens is 226 g/mol. The molecule has 0 unspecified atom stereocenters. The maximum absolute atomic E-state index is 4.47. The molecule has 2 aromatic rings. The second-order valence-electron chi connectivity index (χ2n) is 5.10. The Morgan fingerprint density at radius 2 is 2.39 bits per heavy atom. The first-order chi connectivity index (χ1) is 8.81. The minimum absolute atomic E-state index is 0.726. The zero-order valence-corrected chi connectivity index (χ0v) is 10.7. The molecule has 3 rings (SSSR count). The Morgan fingerprint density at radius 3 is 3.28 bits per heavy atom. The molecule has 0 spiro atoms. The van der Waals surface area contributed by atoms with Crippen LogP contribution in [0.25, 0.3) is 5.65 Å². The van der Waals surface area contributed by atoms with E-state index in [1.807, 2.05) is 18.3 Å². The number of aromatic nitrogens is 3. The monoisotopic (exact) mass is 245 g/mol. The molecule has 2 aromatic heterocycles. The van der Waals surface area contributed by atoms with E-state index in [1.165, 1.54) is 25.9 Å². The fraction of sp³-hybridized carbons (Fsp3) is 0.538. The van der Waals surface area contributed by atoms with E-state index in [0.29, 0.717) is 0 Å². The van der Waals surface area contributed by atoms with Crippen LogP contribution in [0.3, 0.4) is 0 Å². The number of nitrogens with zero attached hydrogens (tertiary/aromatic N) is 4. The van der Waals surface area contributed by atoms with Crippen molar-refractivity contribution in [3.05, 3.63) is 24.5 Å². The van der Waals surface area contributed by atoms with Gasteiger partial charge in [0.05, 0.1) is 0 Å². The smallest absolute Gasteiger partial charge is 0.153 e. The zero-order valence-electron chi connectivity index (χ0n) is 10.7. The Labute approximate surface area is 107 Å². The van der Waals surface area contributed by atoms with Crippen molar-refractivity contribution in [1.29, 1.82) is 0 Å². The highest BCUT2D eigenvalue weighted by Crippen LogP contribution is 2.15. The van der Waals surface area contributed by atoms with Gasteiger partial charge in [-0.2, -0.15) is 0 Å². The summed E-state index contributed by atoms with van der Waals surface area (Å²) in [6.45, 7) is 3.41. The summed E-state index contributed by atoms with van der Waals surface area (Å²) in [5.41, 5.74) is 0.887. The average molecular weight is 245 g/mol. The summed E-state index contributed by atoms with van der Waals surface area (Å²) < 4.78 is 1.80. The SMILES string of the molecule is CN1CCC[C@@H](CNc2ccc3nccn3n2)C1. The van der Waals surface area contributed by atoms with E-state index < -0.39 is 0 Å². The molecule has 1 fully saturated rings. The van der Waals surface area contributed by atoms with Crippen LogP contribution in [-0.4, -0.2) is 46.2 Å². The highest BCUT2D eigenvalue weighted by atomic mass is 15.3. The van der Waals surface area contributed by atoms with Gasteiger partial charge in [-0.3, -0.25) is 0 Å². The molecule has 1 atom stereocenters. The number of likely N-dealkylation sites (tertiary alicyclic amines) is 1. The Balaban J connectivity index is 1.61. The summed E-state index contributed by atoms with van der Waals surface area (Å²) in [6.07, 6.45) is 6.25. The number of piperidine rings is 1. The fourth-order valence-electron chi connectivity index (χ4n) is 2.60. The topological polar surface area (TPSA) is 45.5 Å². The van der Waals surface area contributed by atoms with Crippen molar-refractivity contribution >= 4 is 11.5 Å². The van der Waals surface area contributed by atoms with E-state index >= 15 is 0 Å². The Morgan fingerprint density at radius 1 is 1.44 bits per heavy atom. The summed E-state index contributed by atoms with van der Waals surface area (Å²) in [5, 5.41) is 7.90. The van der Waals surface area contributed by atoms with E-state index in [4.69, 9.17) is 0 Å². The Kier molecular flexibility index (Phi) is 3.15. The predicted octanol–water partition coefficient (Wildman–Crippen LogP) is 1.48. The van der Waals surface area contributed by atoms with Gasteiger partial charge in [0.2, 0.25) is 0 Å². The summed E-state index contributed by atoms with van der Waals surface area (Å²) in [4.78, 5) is 6.59. The molecule has 1 aliphatic rings. The average Bonchev–Trinajstić information content (AvgIpc) is 2.84. The molecular formula is C13H19N5. The molecule has 1 saturated heterocycles. The van der Waals surface area contributed by atoms with Gasteiger partial charge in [0.1, 0.15) is 5.82 Å². The minimum Gasteiger partial charge on any atom is -0.368 e. The summed E-state index contributed by atoms with van der Waals surface area (Å²) in [6, 6.07) is 3.98. The lowest BCUT2D eigenvalue weighted by Gasteiger charge is -2.29. The van der Waals surface area contributed by atoms with Crippen molar-refractivity contribution in [1.82, 2.24) is 19.5 Å². The number of fused-ring (bicyclic) bond motifs is 1. The first-order valence-corrected chi connectivity index (χ1v) is 6.54. The summed E-state index contributed by atoms with van der Waals surface area (Å²) >= 11 is 0. The van der Waals surface area contributed by atoms with E-state index in [9.17, 15) is 0 Å². The third-order valence-electron chi connectivity index (χ3n) is 3.55. The predicted molar refractivity (Wildman–Crippen MR) is 71.7 cm³/mol. The Hall–Kier alpha value is -1.62. The fourth-order valence-corrected chi connectivity index (χ4v) is 2.60.